The summed E-state index contributed by atoms with van der Waals surface area (Å²) in [6.45, 7) is 9.50. The van der Waals surface area contributed by atoms with Crippen LogP contribution < -0.4 is 10.6 Å². The zero-order valence-corrected chi connectivity index (χ0v) is 12.5. The molecule has 0 saturated heterocycles. The Labute approximate surface area is 116 Å². The maximum absolute atomic E-state index is 11.8. The zero-order chi connectivity index (χ0) is 14.3. The molecule has 1 unspecified atom stereocenters. The van der Waals surface area contributed by atoms with Crippen LogP contribution in [-0.2, 0) is 4.79 Å². The van der Waals surface area contributed by atoms with Crippen LogP contribution in [0.25, 0.3) is 0 Å². The van der Waals surface area contributed by atoms with Crippen molar-refractivity contribution < 1.29 is 4.79 Å². The molecule has 19 heavy (non-hydrogen) atoms. The van der Waals surface area contributed by atoms with Gasteiger partial charge in [0.2, 0.25) is 5.91 Å². The maximum Gasteiger partial charge on any atom is 0.234 e. The third kappa shape index (κ3) is 5.88. The van der Waals surface area contributed by atoms with E-state index in [-0.39, 0.29) is 11.4 Å². The molecule has 1 rings (SSSR count). The first-order valence-corrected chi connectivity index (χ1v) is 7.01. The lowest BCUT2D eigenvalue weighted by Gasteiger charge is -2.24. The second kappa shape index (κ2) is 7.29. The Morgan fingerprint density at radius 1 is 1.26 bits per heavy atom. The van der Waals surface area contributed by atoms with Crippen LogP contribution in [0.1, 0.15) is 45.6 Å². The highest BCUT2D eigenvalue weighted by atomic mass is 16.2. The van der Waals surface area contributed by atoms with Gasteiger partial charge in [0.1, 0.15) is 0 Å². The van der Waals surface area contributed by atoms with Crippen molar-refractivity contribution in [1.29, 1.82) is 0 Å². The Bertz CT molecular complexity index is 387. The number of amides is 1. The molecular weight excluding hydrogens is 236 g/mol. The van der Waals surface area contributed by atoms with E-state index in [1.807, 2.05) is 32.0 Å². The van der Waals surface area contributed by atoms with Crippen molar-refractivity contribution in [3.8, 4) is 0 Å². The number of nitrogens with one attached hydrogen (secondary N) is 2. The van der Waals surface area contributed by atoms with Gasteiger partial charge in [0, 0.05) is 12.1 Å². The molecule has 0 aliphatic rings. The maximum atomic E-state index is 11.8. The van der Waals surface area contributed by atoms with Gasteiger partial charge in [0.15, 0.2) is 0 Å². The minimum absolute atomic E-state index is 0.0621. The predicted octanol–water partition coefficient (Wildman–Crippen LogP) is 2.68. The second-order valence-electron chi connectivity index (χ2n) is 5.73. The standard InChI is InChI=1S/C16H26N2O/c1-5-16(3,4)18-15(19)12-17-11-13(2)14-9-7-6-8-10-14/h6-10,13,17H,5,11-12H2,1-4H3,(H,18,19). The van der Waals surface area contributed by atoms with Crippen molar-refractivity contribution in [2.75, 3.05) is 13.1 Å². The molecule has 0 aliphatic carbocycles. The molecule has 3 heteroatoms. The predicted molar refractivity (Wildman–Crippen MR) is 80.2 cm³/mol. The lowest BCUT2D eigenvalue weighted by molar-refractivity contribution is -0.121. The molecule has 106 valence electrons. The van der Waals surface area contributed by atoms with Crippen molar-refractivity contribution in [3.63, 3.8) is 0 Å². The zero-order valence-electron chi connectivity index (χ0n) is 12.5. The summed E-state index contributed by atoms with van der Waals surface area (Å²) in [6.07, 6.45) is 0.930. The van der Waals surface area contributed by atoms with E-state index < -0.39 is 0 Å². The van der Waals surface area contributed by atoms with Crippen LogP contribution in [0.15, 0.2) is 30.3 Å². The van der Waals surface area contributed by atoms with Crippen molar-refractivity contribution in [1.82, 2.24) is 10.6 Å². The van der Waals surface area contributed by atoms with E-state index in [0.717, 1.165) is 13.0 Å². The Morgan fingerprint density at radius 2 is 1.89 bits per heavy atom. The van der Waals surface area contributed by atoms with Gasteiger partial charge in [-0.25, -0.2) is 0 Å². The van der Waals surface area contributed by atoms with Crippen molar-refractivity contribution in [3.05, 3.63) is 35.9 Å². The molecular formula is C16H26N2O. The lowest BCUT2D eigenvalue weighted by atomic mass is 10.0. The average molecular weight is 262 g/mol. The molecule has 0 spiro atoms. The van der Waals surface area contributed by atoms with Crippen LogP contribution in [0.3, 0.4) is 0 Å². The number of hydrogen-bond donors (Lipinski definition) is 2. The number of rotatable bonds is 7. The van der Waals surface area contributed by atoms with Crippen LogP contribution in [0, 0.1) is 0 Å². The van der Waals surface area contributed by atoms with Gasteiger partial charge in [-0.05, 0) is 31.7 Å². The monoisotopic (exact) mass is 262 g/mol. The molecule has 1 amide bonds. The van der Waals surface area contributed by atoms with E-state index in [4.69, 9.17) is 0 Å². The van der Waals surface area contributed by atoms with Gasteiger partial charge in [-0.2, -0.15) is 0 Å². The number of carbonyl (C=O) groups excluding carboxylic acids is 1. The first-order chi connectivity index (χ1) is 8.94. The molecule has 2 N–H and O–H groups in total. The van der Waals surface area contributed by atoms with E-state index in [1.165, 1.54) is 5.56 Å². The van der Waals surface area contributed by atoms with E-state index in [9.17, 15) is 4.79 Å². The first kappa shape index (κ1) is 15.7. The molecule has 0 fully saturated rings. The van der Waals surface area contributed by atoms with Crippen molar-refractivity contribution in [2.24, 2.45) is 0 Å². The summed E-state index contributed by atoms with van der Waals surface area (Å²) in [5, 5.41) is 6.24. The fourth-order valence-corrected chi connectivity index (χ4v) is 1.81. The molecule has 0 aromatic heterocycles. The van der Waals surface area contributed by atoms with E-state index >= 15 is 0 Å². The lowest BCUT2D eigenvalue weighted by Crippen LogP contribution is -2.46. The molecule has 0 bridgehead atoms. The normalized spacial score (nSPS) is 13.1. The van der Waals surface area contributed by atoms with Gasteiger partial charge >= 0.3 is 0 Å². The first-order valence-electron chi connectivity index (χ1n) is 7.01. The topological polar surface area (TPSA) is 41.1 Å². The largest absolute Gasteiger partial charge is 0.350 e. The van der Waals surface area contributed by atoms with Crippen LogP contribution in [0.2, 0.25) is 0 Å². The van der Waals surface area contributed by atoms with Crippen LogP contribution in [0.5, 0.6) is 0 Å². The molecule has 0 saturated carbocycles. The Balaban J connectivity index is 2.29. The van der Waals surface area contributed by atoms with Crippen LogP contribution in [-0.4, -0.2) is 24.5 Å². The molecule has 0 aliphatic heterocycles. The quantitative estimate of drug-likeness (QED) is 0.793. The Hall–Kier alpha value is -1.35. The van der Waals surface area contributed by atoms with Gasteiger partial charge < -0.3 is 10.6 Å². The average Bonchev–Trinajstić information content (AvgIpc) is 2.39. The van der Waals surface area contributed by atoms with Crippen LogP contribution in [0.4, 0.5) is 0 Å². The second-order valence-corrected chi connectivity index (χ2v) is 5.73. The number of benzene rings is 1. The third-order valence-corrected chi connectivity index (χ3v) is 3.47. The highest BCUT2D eigenvalue weighted by molar-refractivity contribution is 5.78. The molecule has 1 aromatic rings. The van der Waals surface area contributed by atoms with E-state index in [0.29, 0.717) is 12.5 Å². The summed E-state index contributed by atoms with van der Waals surface area (Å²) in [4.78, 5) is 11.8. The third-order valence-electron chi connectivity index (χ3n) is 3.47. The summed E-state index contributed by atoms with van der Waals surface area (Å²) >= 11 is 0. The van der Waals surface area contributed by atoms with Gasteiger partial charge in [-0.3, -0.25) is 4.79 Å². The highest BCUT2D eigenvalue weighted by Gasteiger charge is 2.17. The molecule has 1 aromatic carbocycles. The highest BCUT2D eigenvalue weighted by Crippen LogP contribution is 2.12. The minimum Gasteiger partial charge on any atom is -0.350 e. The van der Waals surface area contributed by atoms with E-state index in [2.05, 4.69) is 36.6 Å². The molecule has 0 radical (unpaired) electrons. The summed E-state index contributed by atoms with van der Waals surface area (Å²) in [7, 11) is 0. The van der Waals surface area contributed by atoms with Gasteiger partial charge in [0.25, 0.3) is 0 Å². The van der Waals surface area contributed by atoms with Gasteiger partial charge in [0.05, 0.1) is 6.54 Å². The summed E-state index contributed by atoms with van der Waals surface area (Å²) in [6, 6.07) is 10.3. The smallest absolute Gasteiger partial charge is 0.234 e. The fourth-order valence-electron chi connectivity index (χ4n) is 1.81. The summed E-state index contributed by atoms with van der Waals surface area (Å²) in [5.74, 6) is 0.472. The molecule has 3 nitrogen and oxygen atoms in total. The summed E-state index contributed by atoms with van der Waals surface area (Å²) in [5.41, 5.74) is 1.17. The van der Waals surface area contributed by atoms with Crippen molar-refractivity contribution in [2.45, 2.75) is 45.6 Å². The Morgan fingerprint density at radius 3 is 2.47 bits per heavy atom. The number of hydrogen-bond acceptors (Lipinski definition) is 2. The van der Waals surface area contributed by atoms with E-state index in [1.54, 1.807) is 0 Å². The van der Waals surface area contributed by atoms with Crippen LogP contribution >= 0.6 is 0 Å². The molecule has 0 heterocycles. The minimum atomic E-state index is -0.121. The summed E-state index contributed by atoms with van der Waals surface area (Å²) < 4.78 is 0. The SMILES string of the molecule is CCC(C)(C)NC(=O)CNCC(C)c1ccccc1. The molecule has 1 atom stereocenters. The number of carbonyl (C=O) groups is 1. The van der Waals surface area contributed by atoms with Gasteiger partial charge in [-0.1, -0.05) is 44.2 Å². The Kier molecular flexibility index (Phi) is 6.03. The fraction of sp³-hybridized carbons (Fsp3) is 0.562. The van der Waals surface area contributed by atoms with Crippen molar-refractivity contribution >= 4 is 5.91 Å². The van der Waals surface area contributed by atoms with Gasteiger partial charge in [-0.15, -0.1) is 0 Å².